The van der Waals surface area contributed by atoms with Crippen LogP contribution < -0.4 is 15.4 Å². The largest absolute Gasteiger partial charge is 0.508 e. The van der Waals surface area contributed by atoms with Crippen molar-refractivity contribution >= 4 is 11.8 Å². The fraction of sp³-hybridized carbons (Fsp3) is 0.273. The van der Waals surface area contributed by atoms with E-state index in [2.05, 4.69) is 27.9 Å². The van der Waals surface area contributed by atoms with Crippen LogP contribution in [0.25, 0.3) is 22.5 Å². The molecule has 8 rings (SSSR count). The number of amides is 2. The van der Waals surface area contributed by atoms with Crippen molar-refractivity contribution in [1.82, 2.24) is 20.9 Å². The minimum atomic E-state index is -0.331. The van der Waals surface area contributed by atoms with E-state index in [1.54, 1.807) is 24.3 Å². The number of hydrogen-bond acceptors (Lipinski definition) is 8. The second-order valence-electron chi connectivity index (χ2n) is 13.6. The fourth-order valence-electron chi connectivity index (χ4n) is 6.13. The number of halogens is 2. The molecule has 6 aromatic rings. The predicted octanol–water partition coefficient (Wildman–Crippen LogP) is 9.50. The molecular formula is C44H46F2N4O6. The summed E-state index contributed by atoms with van der Waals surface area (Å²) in [6.07, 6.45) is 5.01. The van der Waals surface area contributed by atoms with Gasteiger partial charge in [-0.3, -0.25) is 9.59 Å². The first kappa shape index (κ1) is 40.9. The van der Waals surface area contributed by atoms with Gasteiger partial charge >= 0.3 is 0 Å². The van der Waals surface area contributed by atoms with Gasteiger partial charge in [-0.1, -0.05) is 91.7 Å². The lowest BCUT2D eigenvalue weighted by molar-refractivity contribution is 0.0813. The molecule has 2 heterocycles. The molecular weight excluding hydrogens is 719 g/mol. The molecule has 2 fully saturated rings. The molecule has 10 nitrogen and oxygen atoms in total. The molecule has 2 saturated carbocycles. The Morgan fingerprint density at radius 2 is 1.11 bits per heavy atom. The highest BCUT2D eigenvalue weighted by atomic mass is 19.1. The maximum atomic E-state index is 12.9. The van der Waals surface area contributed by atoms with E-state index in [4.69, 9.17) is 18.9 Å². The quantitative estimate of drug-likeness (QED) is 0.125. The summed E-state index contributed by atoms with van der Waals surface area (Å²) in [7, 11) is 0. The molecule has 2 amide bonds. The van der Waals surface area contributed by atoms with Gasteiger partial charge in [-0.15, -0.1) is 0 Å². The summed E-state index contributed by atoms with van der Waals surface area (Å²) in [6, 6.07) is 34.0. The van der Waals surface area contributed by atoms with Crippen LogP contribution in [0.15, 0.2) is 130 Å². The number of carbonyl (C=O) groups excluding carboxylic acids is 2. The Bertz CT molecular complexity index is 2070. The molecule has 2 aliphatic rings. The van der Waals surface area contributed by atoms with E-state index in [0.29, 0.717) is 29.7 Å². The third-order valence-electron chi connectivity index (χ3n) is 9.45. The van der Waals surface area contributed by atoms with Crippen molar-refractivity contribution in [3.8, 4) is 34.0 Å². The van der Waals surface area contributed by atoms with E-state index in [-0.39, 0.29) is 60.2 Å². The molecule has 4 aromatic carbocycles. The van der Waals surface area contributed by atoms with E-state index < -0.39 is 0 Å². The van der Waals surface area contributed by atoms with E-state index >= 15 is 0 Å². The lowest BCUT2D eigenvalue weighted by atomic mass is 9.78. The molecule has 0 radical (unpaired) electrons. The molecule has 0 bridgehead atoms. The van der Waals surface area contributed by atoms with Gasteiger partial charge in [0.15, 0.2) is 0 Å². The number of ether oxygens (including phenoxy) is 1. The minimum absolute atomic E-state index is 0. The number of phenolic OH excluding ortho intramolecular Hbond substituents is 1. The number of aromatic nitrogens is 2. The van der Waals surface area contributed by atoms with Crippen LogP contribution in [0.2, 0.25) is 0 Å². The molecule has 56 heavy (non-hydrogen) atoms. The summed E-state index contributed by atoms with van der Waals surface area (Å²) in [4.78, 5) is 24.3. The molecule has 0 saturated heterocycles. The first-order valence-corrected chi connectivity index (χ1v) is 18.2. The van der Waals surface area contributed by atoms with Crippen molar-refractivity contribution < 1.29 is 37.3 Å². The van der Waals surface area contributed by atoms with Crippen molar-refractivity contribution in [3.63, 3.8) is 0 Å². The minimum Gasteiger partial charge on any atom is -0.508 e. The zero-order valence-corrected chi connectivity index (χ0v) is 30.2. The maximum absolute atomic E-state index is 12.9. The highest BCUT2D eigenvalue weighted by Crippen LogP contribution is 2.31. The van der Waals surface area contributed by atoms with Crippen molar-refractivity contribution in [3.05, 3.63) is 144 Å². The Hall–Kier alpha value is -6.30. The molecule has 0 spiro atoms. The topological polar surface area (TPSA) is 140 Å². The van der Waals surface area contributed by atoms with Crippen molar-refractivity contribution in [2.75, 3.05) is 6.61 Å². The third kappa shape index (κ3) is 11.6. The van der Waals surface area contributed by atoms with Crippen LogP contribution in [0.3, 0.4) is 0 Å². The molecule has 0 atom stereocenters. The first-order chi connectivity index (χ1) is 26.7. The van der Waals surface area contributed by atoms with Gasteiger partial charge in [0.2, 0.25) is 11.5 Å². The van der Waals surface area contributed by atoms with E-state index in [1.165, 1.54) is 42.8 Å². The van der Waals surface area contributed by atoms with Gasteiger partial charge in [-0.25, -0.2) is 8.78 Å². The summed E-state index contributed by atoms with van der Waals surface area (Å²) in [6.45, 7) is 2.74. The van der Waals surface area contributed by atoms with Gasteiger partial charge in [-0.2, -0.15) is 0 Å². The van der Waals surface area contributed by atoms with Crippen LogP contribution in [0, 0.1) is 23.5 Å². The smallest absolute Gasteiger partial charge is 0.290 e. The van der Waals surface area contributed by atoms with Gasteiger partial charge < -0.3 is 29.5 Å². The molecule has 0 aliphatic heterocycles. The molecule has 2 aliphatic carbocycles. The number of carbonyl (C=O) groups is 2. The van der Waals surface area contributed by atoms with Crippen LogP contribution in [0.1, 0.15) is 67.6 Å². The van der Waals surface area contributed by atoms with Gasteiger partial charge in [0.25, 0.3) is 11.8 Å². The lowest BCUT2D eigenvalue weighted by Gasteiger charge is -2.35. The van der Waals surface area contributed by atoms with E-state index in [9.17, 15) is 18.4 Å². The highest BCUT2D eigenvalue weighted by molar-refractivity contribution is 5.93. The number of nitrogens with one attached hydrogen (secondary N) is 2. The normalized spacial score (nSPS) is 17.8. The van der Waals surface area contributed by atoms with Gasteiger partial charge in [0.1, 0.15) is 34.5 Å². The number of phenols is 1. The molecule has 0 unspecified atom stereocenters. The molecule has 2 aromatic heterocycles. The van der Waals surface area contributed by atoms with Crippen LogP contribution in [0.5, 0.6) is 11.5 Å². The monoisotopic (exact) mass is 764 g/mol. The summed E-state index contributed by atoms with van der Waals surface area (Å²) < 4.78 is 40.8. The Kier molecular flexibility index (Phi) is 14.5. The highest BCUT2D eigenvalue weighted by Gasteiger charge is 2.32. The Balaban J connectivity index is 0.000000181. The van der Waals surface area contributed by atoms with E-state index in [0.717, 1.165) is 42.7 Å². The van der Waals surface area contributed by atoms with E-state index in [1.807, 2.05) is 60.7 Å². The number of rotatable bonds is 10. The predicted molar refractivity (Wildman–Crippen MR) is 209 cm³/mol. The molecule has 3 N–H and O–H groups in total. The van der Waals surface area contributed by atoms with Crippen molar-refractivity contribution in [1.29, 1.82) is 0 Å². The second-order valence-corrected chi connectivity index (χ2v) is 13.6. The Labute approximate surface area is 324 Å². The van der Waals surface area contributed by atoms with Crippen LogP contribution in [-0.2, 0) is 0 Å². The zero-order chi connectivity index (χ0) is 38.6. The fourth-order valence-corrected chi connectivity index (χ4v) is 6.13. The number of aromatic hydroxyl groups is 1. The summed E-state index contributed by atoms with van der Waals surface area (Å²) in [5, 5.41) is 22.4. The summed E-state index contributed by atoms with van der Waals surface area (Å²) in [5.74, 6) is 1.32. The standard InChI is InChI=1S/C21H19FN2O3.C16H18N2O2.C6H5FO.CH4/c22-16-6-8-18(9-7-16)26-13-14-10-17(11-14)23-21(25)20-12-19(24-27-20)15-4-2-1-3-5-15;1-2-11-8-13(9-11)17-16(19)15-10-14(18-20-15)12-6-4-3-5-7-12;7-5-1-3-6(8)4-2-5;/h1-9,12,14,17H,10-11,13H2,(H,23,25);3-7,10-11,13H,2,8-9H2,1H3,(H,17,19);1-4,8H;1H4. The average Bonchev–Trinajstić information content (AvgIpc) is 3.89. The molecule has 12 heteroatoms. The summed E-state index contributed by atoms with van der Waals surface area (Å²) in [5.41, 5.74) is 3.18. The third-order valence-corrected chi connectivity index (χ3v) is 9.45. The van der Waals surface area contributed by atoms with Crippen LogP contribution >= 0.6 is 0 Å². The number of benzene rings is 4. The van der Waals surface area contributed by atoms with Crippen LogP contribution in [-0.4, -0.2) is 45.9 Å². The first-order valence-electron chi connectivity index (χ1n) is 18.2. The number of hydrogen-bond donors (Lipinski definition) is 3. The van der Waals surface area contributed by atoms with Crippen molar-refractivity contribution in [2.24, 2.45) is 11.8 Å². The molecule has 292 valence electrons. The maximum Gasteiger partial charge on any atom is 0.290 e. The van der Waals surface area contributed by atoms with Crippen LogP contribution in [0.4, 0.5) is 8.78 Å². The Morgan fingerprint density at radius 3 is 1.54 bits per heavy atom. The lowest BCUT2D eigenvalue weighted by Crippen LogP contribution is -2.45. The Morgan fingerprint density at radius 1 is 0.679 bits per heavy atom. The second kappa shape index (κ2) is 19.9. The van der Waals surface area contributed by atoms with Gasteiger partial charge in [0.05, 0.1) is 6.61 Å². The zero-order valence-electron chi connectivity index (χ0n) is 30.2. The average molecular weight is 765 g/mol. The van der Waals surface area contributed by atoms with Gasteiger partial charge in [-0.05, 0) is 86.1 Å². The number of nitrogens with zero attached hydrogens (tertiary/aromatic N) is 2. The summed E-state index contributed by atoms with van der Waals surface area (Å²) >= 11 is 0. The van der Waals surface area contributed by atoms with Crippen molar-refractivity contribution in [2.45, 2.75) is 58.5 Å². The SMILES string of the molecule is C.CCC1CC(NC(=O)c2cc(-c3ccccc3)no2)C1.O=C(NC1CC(COc2ccc(F)cc2)C1)c1cc(-c2ccccc2)no1.Oc1ccc(F)cc1. The van der Waals surface area contributed by atoms with Gasteiger partial charge in [0, 0.05) is 35.3 Å².